The van der Waals surface area contributed by atoms with Gasteiger partial charge in [0, 0.05) is 10.1 Å². The maximum absolute atomic E-state index is 12.3. The van der Waals surface area contributed by atoms with Crippen LogP contribution in [-0.2, 0) is 0 Å². The Hall–Kier alpha value is -0.760. The van der Waals surface area contributed by atoms with Gasteiger partial charge in [-0.05, 0) is 34.7 Å². The number of nitrogens with zero attached hydrogens (tertiary/aromatic N) is 1. The van der Waals surface area contributed by atoms with Crippen molar-refractivity contribution in [3.63, 3.8) is 0 Å². The first kappa shape index (κ1) is 14.3. The lowest BCUT2D eigenvalue weighted by Gasteiger charge is -2.21. The van der Waals surface area contributed by atoms with Crippen molar-refractivity contribution >= 4 is 28.5 Å². The maximum Gasteiger partial charge on any atom is 0.255 e. The van der Waals surface area contributed by atoms with Crippen LogP contribution in [0.4, 0.5) is 8.78 Å². The van der Waals surface area contributed by atoms with Crippen LogP contribution in [0.15, 0.2) is 24.3 Å². The molecule has 0 saturated heterocycles. The van der Waals surface area contributed by atoms with Crippen LogP contribution < -0.4 is 0 Å². The van der Waals surface area contributed by atoms with Gasteiger partial charge in [0.1, 0.15) is 0 Å². The minimum atomic E-state index is -2.60. The highest BCUT2D eigenvalue weighted by molar-refractivity contribution is 14.1. The quantitative estimate of drug-likeness (QED) is 0.821. The summed E-state index contributed by atoms with van der Waals surface area (Å²) >= 11 is 1.97. The lowest BCUT2D eigenvalue weighted by molar-refractivity contribution is 0.0508. The summed E-state index contributed by atoms with van der Waals surface area (Å²) in [4.78, 5) is 12.9. The van der Waals surface area contributed by atoms with Gasteiger partial charge >= 0.3 is 0 Å². The van der Waals surface area contributed by atoms with Gasteiger partial charge in [0.15, 0.2) is 0 Å². The Morgan fingerprint density at radius 1 is 1.41 bits per heavy atom. The monoisotopic (exact) mass is 355 g/mol. The normalized spacial score (nSPS) is 10.6. The third-order valence-corrected chi connectivity index (χ3v) is 3.06. The molecule has 0 fully saturated rings. The van der Waals surface area contributed by atoms with Crippen LogP contribution in [0.5, 0.6) is 0 Å². The van der Waals surface area contributed by atoms with E-state index in [-0.39, 0.29) is 13.2 Å². The van der Waals surface area contributed by atoms with Gasteiger partial charge in [0.25, 0.3) is 12.3 Å². The molecule has 0 saturated carbocycles. The molecule has 1 rings (SSSR count). The van der Waals surface area contributed by atoms with E-state index in [1.807, 2.05) is 22.6 Å². The van der Waals surface area contributed by atoms with Crippen LogP contribution >= 0.6 is 22.6 Å². The largest absolute Gasteiger partial charge is 0.395 e. The van der Waals surface area contributed by atoms with Crippen LogP contribution in [0.3, 0.4) is 0 Å². The number of carbonyl (C=O) groups is 1. The molecule has 1 aromatic rings. The van der Waals surface area contributed by atoms with Crippen molar-refractivity contribution in [2.75, 3.05) is 19.7 Å². The van der Waals surface area contributed by atoms with E-state index >= 15 is 0 Å². The van der Waals surface area contributed by atoms with Gasteiger partial charge in [-0.3, -0.25) is 4.79 Å². The van der Waals surface area contributed by atoms with Crippen molar-refractivity contribution in [2.24, 2.45) is 0 Å². The van der Waals surface area contributed by atoms with Crippen LogP contribution in [-0.4, -0.2) is 42.0 Å². The first-order valence-electron chi connectivity index (χ1n) is 4.99. The van der Waals surface area contributed by atoms with E-state index in [2.05, 4.69) is 0 Å². The average Bonchev–Trinajstić information content (AvgIpc) is 2.28. The number of halogens is 3. The predicted octanol–water partition coefficient (Wildman–Crippen LogP) is 1.99. The van der Waals surface area contributed by atoms with Crippen LogP contribution in [0.1, 0.15) is 10.4 Å². The maximum atomic E-state index is 12.3. The van der Waals surface area contributed by atoms with E-state index in [0.29, 0.717) is 9.13 Å². The van der Waals surface area contributed by atoms with Crippen molar-refractivity contribution in [3.8, 4) is 0 Å². The van der Waals surface area contributed by atoms with E-state index in [4.69, 9.17) is 5.11 Å². The number of amides is 1. The van der Waals surface area contributed by atoms with E-state index in [9.17, 15) is 13.6 Å². The Bertz CT molecular complexity index is 387. The molecule has 94 valence electrons. The summed E-state index contributed by atoms with van der Waals surface area (Å²) in [6.45, 7) is -1.08. The lowest BCUT2D eigenvalue weighted by atomic mass is 10.2. The summed E-state index contributed by atoms with van der Waals surface area (Å²) in [6.07, 6.45) is -2.60. The molecule has 0 spiro atoms. The summed E-state index contributed by atoms with van der Waals surface area (Å²) in [7, 11) is 0. The molecule has 1 aromatic carbocycles. The van der Waals surface area contributed by atoms with Gasteiger partial charge in [-0.1, -0.05) is 12.1 Å². The summed E-state index contributed by atoms with van der Waals surface area (Å²) in [5.41, 5.74) is 0.377. The standard InChI is InChI=1S/C11H12F2INO2/c12-10(13)7-15(5-6-16)11(17)8-3-1-2-4-9(8)14/h1-4,10,16H,5-7H2. The number of hydrogen-bond donors (Lipinski definition) is 1. The fourth-order valence-corrected chi connectivity index (χ4v) is 1.99. The number of alkyl halides is 2. The summed E-state index contributed by atoms with van der Waals surface area (Å²) in [5.74, 6) is -0.482. The molecule has 0 bridgehead atoms. The Morgan fingerprint density at radius 2 is 2.06 bits per heavy atom. The molecule has 0 aromatic heterocycles. The number of benzene rings is 1. The Kier molecular flexibility index (Phi) is 5.76. The number of aliphatic hydroxyl groups is 1. The minimum absolute atomic E-state index is 0.0891. The lowest BCUT2D eigenvalue weighted by Crippen LogP contribution is -2.37. The molecular formula is C11H12F2INO2. The number of hydrogen-bond acceptors (Lipinski definition) is 2. The van der Waals surface area contributed by atoms with Crippen LogP contribution in [0.2, 0.25) is 0 Å². The van der Waals surface area contributed by atoms with E-state index in [1.54, 1.807) is 24.3 Å². The molecule has 0 heterocycles. The van der Waals surface area contributed by atoms with E-state index in [0.717, 1.165) is 4.90 Å². The third-order valence-electron chi connectivity index (χ3n) is 2.12. The summed E-state index contributed by atoms with van der Waals surface area (Å²) in [5, 5.41) is 8.77. The van der Waals surface area contributed by atoms with Gasteiger partial charge in [-0.15, -0.1) is 0 Å². The van der Waals surface area contributed by atoms with Crippen LogP contribution in [0, 0.1) is 3.57 Å². The first-order chi connectivity index (χ1) is 8.06. The average molecular weight is 355 g/mol. The van der Waals surface area contributed by atoms with Gasteiger partial charge in [0.05, 0.1) is 18.7 Å². The zero-order chi connectivity index (χ0) is 12.8. The molecule has 0 aliphatic carbocycles. The van der Waals surface area contributed by atoms with E-state index < -0.39 is 18.9 Å². The fraction of sp³-hybridized carbons (Fsp3) is 0.364. The second kappa shape index (κ2) is 6.85. The molecule has 1 amide bonds. The van der Waals surface area contributed by atoms with Gasteiger partial charge in [-0.25, -0.2) is 8.78 Å². The van der Waals surface area contributed by atoms with Gasteiger partial charge < -0.3 is 10.0 Å². The molecule has 1 N–H and O–H groups in total. The van der Waals surface area contributed by atoms with Crippen molar-refractivity contribution in [1.82, 2.24) is 4.90 Å². The Morgan fingerprint density at radius 3 is 2.59 bits per heavy atom. The molecule has 17 heavy (non-hydrogen) atoms. The molecule has 0 atom stereocenters. The van der Waals surface area contributed by atoms with E-state index in [1.165, 1.54) is 0 Å². The second-order valence-corrected chi connectivity index (χ2v) is 4.51. The molecule has 0 aliphatic heterocycles. The molecular weight excluding hydrogens is 343 g/mol. The van der Waals surface area contributed by atoms with Gasteiger partial charge in [0.2, 0.25) is 0 Å². The highest BCUT2D eigenvalue weighted by Gasteiger charge is 2.20. The highest BCUT2D eigenvalue weighted by atomic mass is 127. The molecule has 0 radical (unpaired) electrons. The van der Waals surface area contributed by atoms with Crippen molar-refractivity contribution in [1.29, 1.82) is 0 Å². The molecule has 6 heteroatoms. The molecule has 3 nitrogen and oxygen atoms in total. The first-order valence-corrected chi connectivity index (χ1v) is 6.07. The van der Waals surface area contributed by atoms with Crippen molar-refractivity contribution < 1.29 is 18.7 Å². The SMILES string of the molecule is O=C(c1ccccc1I)N(CCO)CC(F)F. The topological polar surface area (TPSA) is 40.5 Å². The predicted molar refractivity (Wildman–Crippen MR) is 68.2 cm³/mol. The van der Waals surface area contributed by atoms with Crippen molar-refractivity contribution in [3.05, 3.63) is 33.4 Å². The second-order valence-electron chi connectivity index (χ2n) is 3.35. The zero-order valence-electron chi connectivity index (χ0n) is 8.94. The smallest absolute Gasteiger partial charge is 0.255 e. The van der Waals surface area contributed by atoms with Crippen molar-refractivity contribution in [2.45, 2.75) is 6.43 Å². The summed E-state index contributed by atoms with van der Waals surface area (Å²) < 4.78 is 25.3. The fourth-order valence-electron chi connectivity index (χ4n) is 1.37. The third kappa shape index (κ3) is 4.19. The summed E-state index contributed by atoms with van der Waals surface area (Å²) in [6, 6.07) is 6.75. The molecule has 0 aliphatic rings. The highest BCUT2D eigenvalue weighted by Crippen LogP contribution is 2.14. The van der Waals surface area contributed by atoms with Gasteiger partial charge in [-0.2, -0.15) is 0 Å². The Labute approximate surface area is 112 Å². The number of rotatable bonds is 5. The Balaban J connectivity index is 2.88. The number of aliphatic hydroxyl groups excluding tert-OH is 1. The number of carbonyl (C=O) groups excluding carboxylic acids is 1. The zero-order valence-corrected chi connectivity index (χ0v) is 11.1. The minimum Gasteiger partial charge on any atom is -0.395 e. The molecule has 0 unspecified atom stereocenters. The van der Waals surface area contributed by atoms with Crippen LogP contribution in [0.25, 0.3) is 0 Å².